The molecular weight excluding hydrogens is 432 g/mol. The molecule has 0 fully saturated rings. The van der Waals surface area contributed by atoms with Crippen LogP contribution in [0, 0.1) is 0 Å². The van der Waals surface area contributed by atoms with Gasteiger partial charge in [0, 0.05) is 17.6 Å². The average Bonchev–Trinajstić information content (AvgIpc) is 2.67. The molecule has 2 aromatic rings. The highest BCUT2D eigenvalue weighted by atomic mass is 79.9. The lowest BCUT2D eigenvalue weighted by atomic mass is 10.2. The van der Waals surface area contributed by atoms with Crippen molar-refractivity contribution in [2.45, 2.75) is 18.7 Å². The highest BCUT2D eigenvalue weighted by molar-refractivity contribution is 9.10. The van der Waals surface area contributed by atoms with Crippen LogP contribution in [0.3, 0.4) is 0 Å². The van der Waals surface area contributed by atoms with Gasteiger partial charge in [-0.05, 0) is 46.3 Å². The summed E-state index contributed by atoms with van der Waals surface area (Å²) in [4.78, 5) is 12.6. The Bertz CT molecular complexity index is 869. The summed E-state index contributed by atoms with van der Waals surface area (Å²) in [6.07, 6.45) is 0. The van der Waals surface area contributed by atoms with Crippen LogP contribution < -0.4 is 10.1 Å². The molecule has 0 aliphatic carbocycles. The minimum Gasteiger partial charge on any atom is -0.492 e. The molecule has 0 saturated carbocycles. The second kappa shape index (κ2) is 9.87. The highest BCUT2D eigenvalue weighted by Crippen LogP contribution is 2.23. The van der Waals surface area contributed by atoms with E-state index in [1.807, 2.05) is 30.3 Å². The van der Waals surface area contributed by atoms with Crippen molar-refractivity contribution in [3.05, 3.63) is 58.6 Å². The Morgan fingerprint density at radius 3 is 2.41 bits per heavy atom. The second-order valence-electron chi connectivity index (χ2n) is 5.65. The summed E-state index contributed by atoms with van der Waals surface area (Å²) < 4.78 is 32.7. The number of carbonyl (C=O) groups excluding carboxylic acids is 1. The molecule has 0 saturated heterocycles. The molecule has 0 bridgehead atoms. The number of ether oxygens (including phenoxy) is 1. The third kappa shape index (κ3) is 5.54. The first-order chi connectivity index (χ1) is 12.9. The predicted octanol–water partition coefficient (Wildman–Crippen LogP) is 3.29. The molecule has 2 aromatic carbocycles. The fourth-order valence-electron chi connectivity index (χ4n) is 2.50. The summed E-state index contributed by atoms with van der Waals surface area (Å²) >= 11 is 3.31. The zero-order valence-electron chi connectivity index (χ0n) is 15.3. The first kappa shape index (κ1) is 21.4. The van der Waals surface area contributed by atoms with Gasteiger partial charge in [0.1, 0.15) is 12.4 Å². The summed E-state index contributed by atoms with van der Waals surface area (Å²) in [6, 6.07) is 13.8. The number of halogens is 1. The molecule has 0 aliphatic heterocycles. The van der Waals surface area contributed by atoms with Crippen LogP contribution in [0.4, 0.5) is 0 Å². The van der Waals surface area contributed by atoms with Crippen molar-refractivity contribution < 1.29 is 17.9 Å². The SMILES string of the molecule is CCN(CC)S(=O)(=O)c1ccc(Br)c(C(=O)NCCOc2ccccc2)c1. The zero-order valence-corrected chi connectivity index (χ0v) is 17.7. The van der Waals surface area contributed by atoms with E-state index in [4.69, 9.17) is 4.74 Å². The molecule has 27 heavy (non-hydrogen) atoms. The molecule has 0 aromatic heterocycles. The van der Waals surface area contributed by atoms with E-state index >= 15 is 0 Å². The van der Waals surface area contributed by atoms with Crippen LogP contribution in [0.2, 0.25) is 0 Å². The summed E-state index contributed by atoms with van der Waals surface area (Å²) in [5.74, 6) is 0.357. The molecule has 146 valence electrons. The molecule has 2 rings (SSSR count). The van der Waals surface area contributed by atoms with Crippen molar-refractivity contribution in [2.24, 2.45) is 0 Å². The third-order valence-corrected chi connectivity index (χ3v) is 6.66. The normalized spacial score (nSPS) is 11.4. The third-order valence-electron chi connectivity index (χ3n) is 3.93. The van der Waals surface area contributed by atoms with Gasteiger partial charge in [0.05, 0.1) is 17.0 Å². The number of nitrogens with one attached hydrogen (secondary N) is 1. The van der Waals surface area contributed by atoms with Crippen molar-refractivity contribution in [1.82, 2.24) is 9.62 Å². The molecule has 0 atom stereocenters. The zero-order chi connectivity index (χ0) is 19.9. The Labute approximate surface area is 168 Å². The largest absolute Gasteiger partial charge is 0.492 e. The molecule has 1 amide bonds. The number of rotatable bonds is 9. The van der Waals surface area contributed by atoms with E-state index in [1.54, 1.807) is 19.9 Å². The van der Waals surface area contributed by atoms with Crippen molar-refractivity contribution in [1.29, 1.82) is 0 Å². The van der Waals surface area contributed by atoms with E-state index in [-0.39, 0.29) is 16.4 Å². The molecule has 0 unspecified atom stereocenters. The Kier molecular flexibility index (Phi) is 7.82. The van der Waals surface area contributed by atoms with Crippen LogP contribution in [0.1, 0.15) is 24.2 Å². The molecule has 0 spiro atoms. The van der Waals surface area contributed by atoms with Gasteiger partial charge in [0.15, 0.2) is 0 Å². The van der Waals surface area contributed by atoms with Gasteiger partial charge in [0.2, 0.25) is 10.0 Å². The molecule has 1 N–H and O–H groups in total. The minimum atomic E-state index is -3.63. The van der Waals surface area contributed by atoms with Crippen molar-refractivity contribution in [2.75, 3.05) is 26.2 Å². The number of benzene rings is 2. The van der Waals surface area contributed by atoms with Crippen LogP contribution >= 0.6 is 15.9 Å². The number of hydrogen-bond donors (Lipinski definition) is 1. The van der Waals surface area contributed by atoms with Crippen molar-refractivity contribution in [3.63, 3.8) is 0 Å². The summed E-state index contributed by atoms with van der Waals surface area (Å²) in [5.41, 5.74) is 0.267. The van der Waals surface area contributed by atoms with Gasteiger partial charge in [-0.1, -0.05) is 32.0 Å². The Hall–Kier alpha value is -1.90. The fraction of sp³-hybridized carbons (Fsp3) is 0.316. The highest BCUT2D eigenvalue weighted by Gasteiger charge is 2.23. The van der Waals surface area contributed by atoms with Crippen LogP contribution in [0.25, 0.3) is 0 Å². The molecule has 0 heterocycles. The Balaban J connectivity index is 2.05. The van der Waals surface area contributed by atoms with Crippen LogP contribution in [0.5, 0.6) is 5.75 Å². The minimum absolute atomic E-state index is 0.0973. The van der Waals surface area contributed by atoms with Gasteiger partial charge in [-0.2, -0.15) is 4.31 Å². The van der Waals surface area contributed by atoms with Crippen LogP contribution in [-0.2, 0) is 10.0 Å². The van der Waals surface area contributed by atoms with E-state index in [1.165, 1.54) is 16.4 Å². The van der Waals surface area contributed by atoms with E-state index in [2.05, 4.69) is 21.2 Å². The van der Waals surface area contributed by atoms with E-state index in [9.17, 15) is 13.2 Å². The average molecular weight is 455 g/mol. The number of nitrogens with zero attached hydrogens (tertiary/aromatic N) is 1. The lowest BCUT2D eigenvalue weighted by molar-refractivity contribution is 0.0946. The quantitative estimate of drug-likeness (QED) is 0.589. The number of hydrogen-bond acceptors (Lipinski definition) is 4. The first-order valence-corrected chi connectivity index (χ1v) is 10.9. The Morgan fingerprint density at radius 2 is 1.78 bits per heavy atom. The van der Waals surface area contributed by atoms with Gasteiger partial charge in [-0.3, -0.25) is 4.79 Å². The Morgan fingerprint density at radius 1 is 1.11 bits per heavy atom. The second-order valence-corrected chi connectivity index (χ2v) is 8.44. The van der Waals surface area contributed by atoms with Crippen molar-refractivity contribution in [3.8, 4) is 5.75 Å². The summed E-state index contributed by atoms with van der Waals surface area (Å²) in [5, 5.41) is 2.74. The molecule has 0 radical (unpaired) electrons. The van der Waals surface area contributed by atoms with Gasteiger partial charge in [-0.25, -0.2) is 8.42 Å². The van der Waals surface area contributed by atoms with Gasteiger partial charge >= 0.3 is 0 Å². The fourth-order valence-corrected chi connectivity index (χ4v) is 4.41. The number of sulfonamides is 1. The number of para-hydroxylation sites is 1. The maximum absolute atomic E-state index is 12.7. The maximum Gasteiger partial charge on any atom is 0.252 e. The van der Waals surface area contributed by atoms with Crippen molar-refractivity contribution >= 4 is 31.9 Å². The molecule has 8 heteroatoms. The maximum atomic E-state index is 12.7. The van der Waals surface area contributed by atoms with E-state index < -0.39 is 10.0 Å². The standard InChI is InChI=1S/C19H23BrN2O4S/c1-3-22(4-2)27(24,25)16-10-11-18(20)17(14-16)19(23)21-12-13-26-15-8-6-5-7-9-15/h5-11,14H,3-4,12-13H2,1-2H3,(H,21,23). The topological polar surface area (TPSA) is 75.7 Å². The number of carbonyl (C=O) groups is 1. The van der Waals surface area contributed by atoms with E-state index in [0.717, 1.165) is 5.75 Å². The van der Waals surface area contributed by atoms with Gasteiger partial charge in [-0.15, -0.1) is 0 Å². The van der Waals surface area contributed by atoms with Gasteiger partial charge in [0.25, 0.3) is 5.91 Å². The number of amides is 1. The first-order valence-electron chi connectivity index (χ1n) is 8.65. The van der Waals surface area contributed by atoms with Crippen LogP contribution in [-0.4, -0.2) is 44.9 Å². The molecule has 0 aliphatic rings. The lowest BCUT2D eigenvalue weighted by Gasteiger charge is -2.19. The summed E-state index contributed by atoms with van der Waals surface area (Å²) in [6.45, 7) is 4.90. The lowest BCUT2D eigenvalue weighted by Crippen LogP contribution is -2.31. The summed E-state index contributed by atoms with van der Waals surface area (Å²) in [7, 11) is -3.63. The van der Waals surface area contributed by atoms with E-state index in [0.29, 0.717) is 30.7 Å². The molecular formula is C19H23BrN2O4S. The molecule has 6 nitrogen and oxygen atoms in total. The van der Waals surface area contributed by atoms with Crippen LogP contribution in [0.15, 0.2) is 57.9 Å². The van der Waals surface area contributed by atoms with Gasteiger partial charge < -0.3 is 10.1 Å². The smallest absolute Gasteiger partial charge is 0.252 e. The monoisotopic (exact) mass is 454 g/mol. The predicted molar refractivity (Wildman–Crippen MR) is 109 cm³/mol.